The standard InChI is InChI=1S/C12H22N2OS/c1-12(2)9-6-5-8(7-9)10(12)13-11(16)14(3)15-4/h8-10H,5-7H2,1-4H3,(H,13,16)/t8-,9+,10-/m1/s1. The molecule has 2 aliphatic carbocycles. The van der Waals surface area contributed by atoms with Gasteiger partial charge in [-0.2, -0.15) is 0 Å². The van der Waals surface area contributed by atoms with Crippen LogP contribution in [0.3, 0.4) is 0 Å². The van der Waals surface area contributed by atoms with Gasteiger partial charge in [0.25, 0.3) is 0 Å². The van der Waals surface area contributed by atoms with Crippen molar-refractivity contribution in [2.45, 2.75) is 39.2 Å². The van der Waals surface area contributed by atoms with Crippen molar-refractivity contribution in [1.29, 1.82) is 0 Å². The maximum atomic E-state index is 5.32. The van der Waals surface area contributed by atoms with Gasteiger partial charge < -0.3 is 5.32 Å². The Labute approximate surface area is 103 Å². The van der Waals surface area contributed by atoms with E-state index < -0.39 is 0 Å². The van der Waals surface area contributed by atoms with E-state index in [-0.39, 0.29) is 0 Å². The molecule has 1 N–H and O–H groups in total. The SMILES string of the molecule is CON(C)C(=S)N[C@@H]1[C@@H]2CC[C@@H](C2)C1(C)C. The maximum Gasteiger partial charge on any atom is 0.193 e. The number of fused-ring (bicyclic) bond motifs is 2. The molecular formula is C12H22N2OS. The van der Waals surface area contributed by atoms with Gasteiger partial charge in [0, 0.05) is 13.1 Å². The van der Waals surface area contributed by atoms with E-state index in [9.17, 15) is 0 Å². The van der Waals surface area contributed by atoms with Crippen LogP contribution >= 0.6 is 12.2 Å². The summed E-state index contributed by atoms with van der Waals surface area (Å²) in [7, 11) is 3.48. The van der Waals surface area contributed by atoms with Gasteiger partial charge in [-0.15, -0.1) is 0 Å². The molecule has 0 aromatic rings. The highest BCUT2D eigenvalue weighted by Gasteiger charge is 2.52. The summed E-state index contributed by atoms with van der Waals surface area (Å²) in [4.78, 5) is 5.10. The monoisotopic (exact) mass is 242 g/mol. The number of nitrogens with zero attached hydrogens (tertiary/aromatic N) is 1. The van der Waals surface area contributed by atoms with E-state index in [4.69, 9.17) is 17.1 Å². The highest BCUT2D eigenvalue weighted by molar-refractivity contribution is 7.80. The first kappa shape index (κ1) is 12.1. The van der Waals surface area contributed by atoms with Crippen LogP contribution in [0.25, 0.3) is 0 Å². The molecule has 0 aromatic carbocycles. The summed E-state index contributed by atoms with van der Waals surface area (Å²) in [6.45, 7) is 4.73. The Morgan fingerprint density at radius 1 is 1.44 bits per heavy atom. The van der Waals surface area contributed by atoms with Crippen molar-refractivity contribution < 1.29 is 4.84 Å². The van der Waals surface area contributed by atoms with Crippen LogP contribution in [-0.4, -0.2) is 30.4 Å². The topological polar surface area (TPSA) is 24.5 Å². The van der Waals surface area contributed by atoms with Crippen molar-refractivity contribution in [1.82, 2.24) is 10.4 Å². The highest BCUT2D eigenvalue weighted by atomic mass is 32.1. The summed E-state index contributed by atoms with van der Waals surface area (Å²) in [5.41, 5.74) is 0.363. The molecule has 0 saturated heterocycles. The minimum atomic E-state index is 0.363. The largest absolute Gasteiger partial charge is 0.357 e. The summed E-state index contributed by atoms with van der Waals surface area (Å²) in [5, 5.41) is 5.81. The van der Waals surface area contributed by atoms with Gasteiger partial charge in [0.15, 0.2) is 5.11 Å². The van der Waals surface area contributed by atoms with Crippen LogP contribution < -0.4 is 5.32 Å². The molecule has 0 aromatic heterocycles. The van der Waals surface area contributed by atoms with Crippen LogP contribution in [0.5, 0.6) is 0 Å². The Kier molecular flexibility index (Phi) is 3.14. The van der Waals surface area contributed by atoms with E-state index in [0.717, 1.165) is 11.8 Å². The zero-order valence-corrected chi connectivity index (χ0v) is 11.4. The van der Waals surface area contributed by atoms with Crippen molar-refractivity contribution in [3.05, 3.63) is 0 Å². The molecule has 0 spiro atoms. The molecule has 2 aliphatic rings. The third-order valence-electron chi connectivity index (χ3n) is 4.64. The number of rotatable bonds is 2. The van der Waals surface area contributed by atoms with Gasteiger partial charge in [-0.3, -0.25) is 4.84 Å². The smallest absolute Gasteiger partial charge is 0.193 e. The summed E-state index contributed by atoms with van der Waals surface area (Å²) in [6, 6.07) is 0.511. The van der Waals surface area contributed by atoms with E-state index in [1.54, 1.807) is 12.2 Å². The normalized spacial score (nSPS) is 35.1. The minimum absolute atomic E-state index is 0.363. The van der Waals surface area contributed by atoms with Crippen LogP contribution in [0, 0.1) is 17.3 Å². The van der Waals surface area contributed by atoms with Gasteiger partial charge in [-0.25, -0.2) is 5.06 Å². The molecule has 0 aliphatic heterocycles. The zero-order chi connectivity index (χ0) is 11.9. The molecule has 2 saturated carbocycles. The van der Waals surface area contributed by atoms with E-state index in [0.29, 0.717) is 16.6 Å². The van der Waals surface area contributed by atoms with E-state index in [1.165, 1.54) is 19.3 Å². The lowest BCUT2D eigenvalue weighted by molar-refractivity contribution is -0.0442. The molecule has 3 nitrogen and oxygen atoms in total. The van der Waals surface area contributed by atoms with Gasteiger partial charge in [-0.1, -0.05) is 13.8 Å². The Balaban J connectivity index is 2.02. The number of nitrogens with one attached hydrogen (secondary N) is 1. The van der Waals surface area contributed by atoms with Crippen LogP contribution in [0.2, 0.25) is 0 Å². The Bertz CT molecular complexity index is 293. The Morgan fingerprint density at radius 3 is 2.62 bits per heavy atom. The van der Waals surface area contributed by atoms with Crippen molar-refractivity contribution in [3.63, 3.8) is 0 Å². The third-order valence-corrected chi connectivity index (χ3v) is 5.01. The molecule has 3 atom stereocenters. The van der Waals surface area contributed by atoms with Gasteiger partial charge >= 0.3 is 0 Å². The summed E-state index contributed by atoms with van der Waals surface area (Å²) in [6.07, 6.45) is 4.11. The lowest BCUT2D eigenvalue weighted by Gasteiger charge is -2.40. The minimum Gasteiger partial charge on any atom is -0.357 e. The molecule has 0 amide bonds. The predicted molar refractivity (Wildman–Crippen MR) is 68.9 cm³/mol. The number of hydrogen-bond acceptors (Lipinski definition) is 2. The van der Waals surface area contributed by atoms with E-state index >= 15 is 0 Å². The van der Waals surface area contributed by atoms with Gasteiger partial charge in [0.2, 0.25) is 0 Å². The van der Waals surface area contributed by atoms with Crippen LogP contribution in [0.4, 0.5) is 0 Å². The summed E-state index contributed by atoms with van der Waals surface area (Å²) in [5.74, 6) is 1.66. The Hall–Kier alpha value is -0.350. The Morgan fingerprint density at radius 2 is 2.12 bits per heavy atom. The van der Waals surface area contributed by atoms with Crippen molar-refractivity contribution in [2.75, 3.05) is 14.2 Å². The molecular weight excluding hydrogens is 220 g/mol. The van der Waals surface area contributed by atoms with E-state index in [1.807, 2.05) is 7.05 Å². The molecule has 0 unspecified atom stereocenters. The third kappa shape index (κ3) is 1.82. The second-order valence-electron chi connectivity index (χ2n) is 5.70. The van der Waals surface area contributed by atoms with Crippen LogP contribution in [-0.2, 0) is 4.84 Å². The van der Waals surface area contributed by atoms with Gasteiger partial charge in [-0.05, 0) is 48.7 Å². The fourth-order valence-electron chi connectivity index (χ4n) is 3.47. The summed E-state index contributed by atoms with van der Waals surface area (Å²) >= 11 is 5.32. The average molecular weight is 242 g/mol. The molecule has 0 heterocycles. The van der Waals surface area contributed by atoms with Crippen molar-refractivity contribution >= 4 is 17.3 Å². The van der Waals surface area contributed by atoms with Crippen molar-refractivity contribution in [2.24, 2.45) is 17.3 Å². The molecule has 2 bridgehead atoms. The summed E-state index contributed by atoms with van der Waals surface area (Å²) < 4.78 is 0. The van der Waals surface area contributed by atoms with Crippen LogP contribution in [0.15, 0.2) is 0 Å². The molecule has 4 heteroatoms. The van der Waals surface area contributed by atoms with E-state index in [2.05, 4.69) is 19.2 Å². The first-order valence-corrected chi connectivity index (χ1v) is 6.46. The van der Waals surface area contributed by atoms with Gasteiger partial charge in [0.1, 0.15) is 0 Å². The first-order valence-electron chi connectivity index (χ1n) is 6.05. The number of hydroxylamine groups is 2. The van der Waals surface area contributed by atoms with Crippen LogP contribution in [0.1, 0.15) is 33.1 Å². The first-order chi connectivity index (χ1) is 7.46. The maximum absolute atomic E-state index is 5.32. The second kappa shape index (κ2) is 4.15. The van der Waals surface area contributed by atoms with Crippen molar-refractivity contribution in [3.8, 4) is 0 Å². The zero-order valence-electron chi connectivity index (χ0n) is 10.6. The quantitative estimate of drug-likeness (QED) is 0.592. The number of hydrogen-bond donors (Lipinski definition) is 1. The fraction of sp³-hybridized carbons (Fsp3) is 0.917. The molecule has 92 valence electrons. The molecule has 2 rings (SSSR count). The molecule has 0 radical (unpaired) electrons. The average Bonchev–Trinajstić information content (AvgIpc) is 2.79. The lowest BCUT2D eigenvalue weighted by atomic mass is 9.73. The predicted octanol–water partition coefficient (Wildman–Crippen LogP) is 2.18. The second-order valence-corrected chi connectivity index (χ2v) is 6.09. The molecule has 2 fully saturated rings. The highest BCUT2D eigenvalue weighted by Crippen LogP contribution is 2.55. The lowest BCUT2D eigenvalue weighted by Crippen LogP contribution is -2.51. The number of thiocarbonyl (C=S) groups is 1. The van der Waals surface area contributed by atoms with Gasteiger partial charge in [0.05, 0.1) is 7.11 Å². The fourth-order valence-corrected chi connectivity index (χ4v) is 3.67. The molecule has 16 heavy (non-hydrogen) atoms.